The van der Waals surface area contributed by atoms with Crippen LogP contribution in [0, 0.1) is 12.8 Å². The second kappa shape index (κ2) is 5.07. The van der Waals surface area contributed by atoms with E-state index in [9.17, 15) is 4.79 Å². The number of hydrogen-bond acceptors (Lipinski definition) is 3. The van der Waals surface area contributed by atoms with Gasteiger partial charge in [0.1, 0.15) is 5.69 Å². The van der Waals surface area contributed by atoms with Crippen LogP contribution >= 0.6 is 0 Å². The van der Waals surface area contributed by atoms with E-state index in [-0.39, 0.29) is 5.91 Å². The van der Waals surface area contributed by atoms with Crippen molar-refractivity contribution < 1.29 is 9.53 Å². The number of amides is 1. The average Bonchev–Trinajstić information content (AvgIpc) is 2.79. The Labute approximate surface area is 95.0 Å². The van der Waals surface area contributed by atoms with Gasteiger partial charge in [-0.3, -0.25) is 9.78 Å². The maximum atomic E-state index is 11.8. The molecule has 0 aromatic carbocycles. The first-order valence-corrected chi connectivity index (χ1v) is 5.55. The molecule has 0 aliphatic carbocycles. The molecule has 0 unspecified atom stereocenters. The summed E-state index contributed by atoms with van der Waals surface area (Å²) in [6.45, 7) is 4.13. The van der Waals surface area contributed by atoms with Gasteiger partial charge in [-0.15, -0.1) is 0 Å². The van der Waals surface area contributed by atoms with Gasteiger partial charge in [0.2, 0.25) is 0 Å². The van der Waals surface area contributed by atoms with Crippen molar-refractivity contribution in [3.8, 4) is 0 Å². The fourth-order valence-electron chi connectivity index (χ4n) is 1.79. The summed E-state index contributed by atoms with van der Waals surface area (Å²) in [6, 6.07) is 3.72. The number of carbonyl (C=O) groups is 1. The third kappa shape index (κ3) is 2.58. The number of hydrogen-bond donors (Lipinski definition) is 1. The molecule has 1 saturated heterocycles. The fraction of sp³-hybridized carbons (Fsp3) is 0.500. The quantitative estimate of drug-likeness (QED) is 0.831. The van der Waals surface area contributed by atoms with Crippen LogP contribution in [-0.4, -0.2) is 30.6 Å². The molecular formula is C12H16N2O2. The first-order valence-electron chi connectivity index (χ1n) is 5.55. The van der Waals surface area contributed by atoms with Crippen molar-refractivity contribution in [3.05, 3.63) is 29.6 Å². The summed E-state index contributed by atoms with van der Waals surface area (Å²) in [4.78, 5) is 15.9. The molecule has 2 heterocycles. The Morgan fingerprint density at radius 2 is 2.56 bits per heavy atom. The summed E-state index contributed by atoms with van der Waals surface area (Å²) < 4.78 is 5.25. The van der Waals surface area contributed by atoms with Gasteiger partial charge in [0, 0.05) is 25.3 Å². The van der Waals surface area contributed by atoms with Crippen LogP contribution in [0.4, 0.5) is 0 Å². The second-order valence-corrected chi connectivity index (χ2v) is 4.11. The van der Waals surface area contributed by atoms with Gasteiger partial charge >= 0.3 is 0 Å². The van der Waals surface area contributed by atoms with Gasteiger partial charge in [0.25, 0.3) is 5.91 Å². The van der Waals surface area contributed by atoms with E-state index in [4.69, 9.17) is 4.74 Å². The van der Waals surface area contributed by atoms with Crippen molar-refractivity contribution in [2.45, 2.75) is 13.3 Å². The predicted octanol–water partition coefficient (Wildman–Crippen LogP) is 1.16. The van der Waals surface area contributed by atoms with E-state index in [2.05, 4.69) is 10.3 Å². The van der Waals surface area contributed by atoms with Crippen molar-refractivity contribution in [2.24, 2.45) is 5.92 Å². The maximum Gasteiger partial charge on any atom is 0.270 e. The summed E-state index contributed by atoms with van der Waals surface area (Å²) in [6.07, 6.45) is 2.67. The molecule has 4 nitrogen and oxygen atoms in total. The van der Waals surface area contributed by atoms with Crippen LogP contribution in [0.3, 0.4) is 0 Å². The molecule has 0 saturated carbocycles. The Morgan fingerprint density at radius 3 is 3.25 bits per heavy atom. The number of aryl methyl sites for hydroxylation is 1. The zero-order valence-corrected chi connectivity index (χ0v) is 9.40. The van der Waals surface area contributed by atoms with Gasteiger partial charge in [-0.25, -0.2) is 0 Å². The van der Waals surface area contributed by atoms with Crippen LogP contribution in [0.25, 0.3) is 0 Å². The highest BCUT2D eigenvalue weighted by molar-refractivity contribution is 5.93. The number of nitrogens with zero attached hydrogens (tertiary/aromatic N) is 1. The topological polar surface area (TPSA) is 51.2 Å². The van der Waals surface area contributed by atoms with Crippen molar-refractivity contribution in [3.63, 3.8) is 0 Å². The largest absolute Gasteiger partial charge is 0.381 e. The number of carbonyl (C=O) groups excluding carboxylic acids is 1. The first kappa shape index (κ1) is 11.1. The third-order valence-corrected chi connectivity index (χ3v) is 2.80. The van der Waals surface area contributed by atoms with E-state index >= 15 is 0 Å². The maximum absolute atomic E-state index is 11.8. The molecule has 1 aliphatic heterocycles. The Morgan fingerprint density at radius 1 is 1.69 bits per heavy atom. The molecule has 1 aromatic heterocycles. The lowest BCUT2D eigenvalue weighted by molar-refractivity contribution is 0.0939. The molecule has 86 valence electrons. The minimum Gasteiger partial charge on any atom is -0.381 e. The molecule has 1 amide bonds. The lowest BCUT2D eigenvalue weighted by atomic mass is 10.1. The molecule has 0 radical (unpaired) electrons. The Kier molecular flexibility index (Phi) is 3.51. The molecule has 1 N–H and O–H groups in total. The van der Waals surface area contributed by atoms with Crippen LogP contribution in [0.2, 0.25) is 0 Å². The first-order chi connectivity index (χ1) is 7.77. The Bertz CT molecular complexity index is 373. The predicted molar refractivity (Wildman–Crippen MR) is 60.2 cm³/mol. The van der Waals surface area contributed by atoms with Crippen molar-refractivity contribution in [2.75, 3.05) is 19.8 Å². The number of ether oxygens (including phenoxy) is 1. The highest BCUT2D eigenvalue weighted by Gasteiger charge is 2.17. The minimum absolute atomic E-state index is 0.0926. The van der Waals surface area contributed by atoms with Crippen molar-refractivity contribution >= 4 is 5.91 Å². The minimum atomic E-state index is -0.0926. The lowest BCUT2D eigenvalue weighted by Crippen LogP contribution is -2.30. The lowest BCUT2D eigenvalue weighted by Gasteiger charge is -2.09. The monoisotopic (exact) mass is 220 g/mol. The fourth-order valence-corrected chi connectivity index (χ4v) is 1.79. The summed E-state index contributed by atoms with van der Waals surface area (Å²) in [5, 5.41) is 2.90. The Hall–Kier alpha value is -1.42. The summed E-state index contributed by atoms with van der Waals surface area (Å²) in [5.41, 5.74) is 1.42. The van der Waals surface area contributed by atoms with E-state index in [1.54, 1.807) is 6.20 Å². The molecule has 1 atom stereocenters. The van der Waals surface area contributed by atoms with Crippen LogP contribution in [-0.2, 0) is 4.74 Å². The van der Waals surface area contributed by atoms with Crippen molar-refractivity contribution in [1.82, 2.24) is 10.3 Å². The molecule has 0 bridgehead atoms. The Balaban J connectivity index is 1.90. The molecule has 2 rings (SSSR count). The van der Waals surface area contributed by atoms with E-state index in [1.807, 2.05) is 19.1 Å². The van der Waals surface area contributed by atoms with Gasteiger partial charge in [0.05, 0.1) is 6.61 Å². The van der Waals surface area contributed by atoms with Crippen LogP contribution < -0.4 is 5.32 Å². The highest BCUT2D eigenvalue weighted by Crippen LogP contribution is 2.11. The molecule has 16 heavy (non-hydrogen) atoms. The van der Waals surface area contributed by atoms with Gasteiger partial charge < -0.3 is 10.1 Å². The SMILES string of the molecule is Cc1cccnc1C(=O)NC[C@@H]1CCOC1. The normalized spacial score (nSPS) is 19.7. The standard InChI is InChI=1S/C12H16N2O2/c1-9-3-2-5-13-11(9)12(15)14-7-10-4-6-16-8-10/h2-3,5,10H,4,6-8H2,1H3,(H,14,15)/t10-/m0/s1. The van der Waals surface area contributed by atoms with Crippen molar-refractivity contribution in [1.29, 1.82) is 0 Å². The van der Waals surface area contributed by atoms with Crippen LogP contribution in [0.15, 0.2) is 18.3 Å². The third-order valence-electron chi connectivity index (χ3n) is 2.80. The summed E-state index contributed by atoms with van der Waals surface area (Å²) >= 11 is 0. The molecule has 0 spiro atoms. The van der Waals surface area contributed by atoms with E-state index in [1.165, 1.54) is 0 Å². The van der Waals surface area contributed by atoms with E-state index in [0.717, 1.165) is 25.2 Å². The molecule has 1 fully saturated rings. The van der Waals surface area contributed by atoms with Crippen LogP contribution in [0.5, 0.6) is 0 Å². The van der Waals surface area contributed by atoms with Gasteiger partial charge in [-0.1, -0.05) is 6.07 Å². The van der Waals surface area contributed by atoms with E-state index < -0.39 is 0 Å². The second-order valence-electron chi connectivity index (χ2n) is 4.11. The number of nitrogens with one attached hydrogen (secondary N) is 1. The molecule has 1 aliphatic rings. The number of aromatic nitrogens is 1. The zero-order chi connectivity index (χ0) is 11.4. The average molecular weight is 220 g/mol. The zero-order valence-electron chi connectivity index (χ0n) is 9.40. The molecular weight excluding hydrogens is 204 g/mol. The van der Waals surface area contributed by atoms with Gasteiger partial charge in [-0.2, -0.15) is 0 Å². The van der Waals surface area contributed by atoms with E-state index in [0.29, 0.717) is 18.2 Å². The van der Waals surface area contributed by atoms with Gasteiger partial charge in [-0.05, 0) is 25.0 Å². The van der Waals surface area contributed by atoms with Crippen LogP contribution in [0.1, 0.15) is 22.5 Å². The number of rotatable bonds is 3. The number of pyridine rings is 1. The smallest absolute Gasteiger partial charge is 0.270 e. The summed E-state index contributed by atoms with van der Waals surface area (Å²) in [7, 11) is 0. The molecule has 1 aromatic rings. The summed E-state index contributed by atoms with van der Waals surface area (Å²) in [5.74, 6) is 0.359. The van der Waals surface area contributed by atoms with Gasteiger partial charge in [0.15, 0.2) is 0 Å². The molecule has 4 heteroatoms. The highest BCUT2D eigenvalue weighted by atomic mass is 16.5.